The van der Waals surface area contributed by atoms with E-state index in [1.54, 1.807) is 0 Å². The van der Waals surface area contributed by atoms with Crippen LogP contribution in [0.25, 0.3) is 4.85 Å². The molecule has 0 saturated carbocycles. The second kappa shape index (κ2) is 3.04. The Bertz CT molecular complexity index is 111. The van der Waals surface area contributed by atoms with Gasteiger partial charge in [0.25, 0.3) is 6.57 Å². The molecule has 0 aromatic rings. The molecule has 0 bridgehead atoms. The lowest BCUT2D eigenvalue weighted by atomic mass is 10.9. The van der Waals surface area contributed by atoms with Gasteiger partial charge in [-0.2, -0.15) is 0 Å². The molecule has 0 radical (unpaired) electrons. The molecule has 3 heteroatoms. The molecule has 0 aliphatic heterocycles. The molecule has 0 N–H and O–H groups in total. The van der Waals surface area contributed by atoms with Crippen LogP contribution in [0, 0.1) is 6.57 Å². The molecule has 7 heavy (non-hydrogen) atoms. The number of rotatable bonds is 1. The smallest absolute Gasteiger partial charge is 0.326 e. The van der Waals surface area contributed by atoms with Crippen molar-refractivity contribution in [3.05, 3.63) is 17.0 Å². The highest BCUT2D eigenvalue weighted by Crippen LogP contribution is 1.80. The molecule has 0 rings (SSSR count). The van der Waals surface area contributed by atoms with Gasteiger partial charge in [-0.05, 0) is 12.0 Å². The molecule has 0 saturated heterocycles. The normalized spacial score (nSPS) is 10.0. The van der Waals surface area contributed by atoms with Crippen molar-refractivity contribution in [2.45, 2.75) is 0 Å². The Hall–Kier alpha value is -1.17. The van der Waals surface area contributed by atoms with E-state index in [0.29, 0.717) is 0 Å². The van der Waals surface area contributed by atoms with Crippen LogP contribution in [0.3, 0.4) is 0 Å². The van der Waals surface area contributed by atoms with Crippen LogP contribution in [0.4, 0.5) is 0 Å². The summed E-state index contributed by atoms with van der Waals surface area (Å²) in [7, 11) is 1.25. The van der Waals surface area contributed by atoms with Crippen molar-refractivity contribution >= 4 is 0 Å². The molecule has 0 unspecified atom stereocenters. The van der Waals surface area contributed by atoms with E-state index in [0.717, 1.165) is 6.20 Å². The summed E-state index contributed by atoms with van der Waals surface area (Å²) in [6.07, 6.45) is 0.889. The van der Waals surface area contributed by atoms with Crippen LogP contribution in [0.5, 0.6) is 0 Å². The largest absolute Gasteiger partial charge is 0.612 e. The fraction of sp³-hybridized carbons (Fsp3) is 0.250. The monoisotopic (exact) mass is 99.0 g/mol. The first kappa shape index (κ1) is 5.83. The summed E-state index contributed by atoms with van der Waals surface area (Å²) in [5, 5.41) is 9.96. The van der Waals surface area contributed by atoms with Gasteiger partial charge in [0.1, 0.15) is 5.95 Å². The lowest BCUT2D eigenvalue weighted by molar-refractivity contribution is -0.353. The van der Waals surface area contributed by atoms with Crippen molar-refractivity contribution in [2.24, 2.45) is 0 Å². The van der Waals surface area contributed by atoms with Crippen molar-refractivity contribution in [2.75, 3.05) is 7.11 Å². The molecule has 0 aromatic heterocycles. The van der Waals surface area contributed by atoms with Gasteiger partial charge in [-0.25, -0.2) is 0 Å². The van der Waals surface area contributed by atoms with Gasteiger partial charge >= 0.3 is 6.20 Å². The lowest BCUT2D eigenvalue weighted by Crippen LogP contribution is -2.03. The number of methoxy groups -OCH3 is 1. The van der Waals surface area contributed by atoms with Gasteiger partial charge in [0.05, 0.1) is 0 Å². The molecule has 0 amide bonds. The number of ether oxygens (including phenoxy) is 1. The van der Waals surface area contributed by atoms with E-state index < -0.39 is 5.95 Å². The molecule has 0 aliphatic carbocycles. The first-order valence-corrected chi connectivity index (χ1v) is 1.62. The Morgan fingerprint density at radius 1 is 2.00 bits per heavy atom. The zero-order valence-corrected chi connectivity index (χ0v) is 3.92. The average molecular weight is 99.1 g/mol. The fourth-order valence-electron chi connectivity index (χ4n) is 0.114. The van der Waals surface area contributed by atoms with E-state index in [1.807, 2.05) is 0 Å². The minimum atomic E-state index is -0.539. The summed E-state index contributed by atoms with van der Waals surface area (Å²) < 4.78 is 4.12. The Labute approximate surface area is 41.7 Å². The zero-order valence-electron chi connectivity index (χ0n) is 3.92. The van der Waals surface area contributed by atoms with Crippen LogP contribution in [0.15, 0.2) is 12.1 Å². The first-order chi connectivity index (χ1) is 3.31. The Morgan fingerprint density at radius 2 is 2.57 bits per heavy atom. The van der Waals surface area contributed by atoms with E-state index in [2.05, 4.69) is 16.2 Å². The Balaban J connectivity index is 3.56. The minimum absolute atomic E-state index is 0.539. The number of hydrogen-bond acceptors (Lipinski definition) is 2. The second-order valence-electron chi connectivity index (χ2n) is 0.801. The SMILES string of the molecule is C#[N+]C=C([O-])OC. The van der Waals surface area contributed by atoms with Gasteiger partial charge in [-0.15, -0.1) is 0 Å². The van der Waals surface area contributed by atoms with Crippen molar-refractivity contribution in [1.82, 2.24) is 0 Å². The Kier molecular flexibility index (Phi) is 2.53. The van der Waals surface area contributed by atoms with Crippen molar-refractivity contribution < 1.29 is 9.84 Å². The molecular formula is C4H5NO2. The van der Waals surface area contributed by atoms with Gasteiger partial charge in [0.2, 0.25) is 0 Å². The summed E-state index contributed by atoms with van der Waals surface area (Å²) in [6, 6.07) is 0. The summed E-state index contributed by atoms with van der Waals surface area (Å²) in [4.78, 5) is 2.91. The van der Waals surface area contributed by atoms with Gasteiger partial charge in [-0.3, -0.25) is 0 Å². The van der Waals surface area contributed by atoms with Gasteiger partial charge in [0.15, 0.2) is 0 Å². The molecular weight excluding hydrogens is 94.0 g/mol. The van der Waals surface area contributed by atoms with E-state index in [9.17, 15) is 5.11 Å². The van der Waals surface area contributed by atoms with E-state index in [4.69, 9.17) is 0 Å². The van der Waals surface area contributed by atoms with E-state index in [-0.39, 0.29) is 0 Å². The van der Waals surface area contributed by atoms with Crippen LogP contribution in [0.2, 0.25) is 0 Å². The van der Waals surface area contributed by atoms with E-state index >= 15 is 0 Å². The summed E-state index contributed by atoms with van der Waals surface area (Å²) in [6.45, 7) is 4.57. The molecule has 38 valence electrons. The predicted molar refractivity (Wildman–Crippen MR) is 23.4 cm³/mol. The fourth-order valence-corrected chi connectivity index (χ4v) is 0.114. The minimum Gasteiger partial charge on any atom is -0.612 e. The van der Waals surface area contributed by atoms with Crippen LogP contribution < -0.4 is 5.11 Å². The van der Waals surface area contributed by atoms with Gasteiger partial charge < -0.3 is 9.84 Å². The maximum absolute atomic E-state index is 9.96. The highest BCUT2D eigenvalue weighted by Gasteiger charge is 1.76. The summed E-state index contributed by atoms with van der Waals surface area (Å²) in [5.41, 5.74) is 0. The molecule has 0 atom stereocenters. The second-order valence-corrected chi connectivity index (χ2v) is 0.801. The third-order valence-corrected chi connectivity index (χ3v) is 0.381. The summed E-state index contributed by atoms with van der Waals surface area (Å²) >= 11 is 0. The molecule has 3 nitrogen and oxygen atoms in total. The van der Waals surface area contributed by atoms with Crippen molar-refractivity contribution in [3.8, 4) is 6.57 Å². The van der Waals surface area contributed by atoms with Crippen molar-refractivity contribution in [3.63, 3.8) is 0 Å². The third kappa shape index (κ3) is 2.64. The zero-order chi connectivity index (χ0) is 5.70. The average Bonchev–Trinajstić information content (AvgIpc) is 1.68. The first-order valence-electron chi connectivity index (χ1n) is 1.62. The molecule has 0 fully saturated rings. The number of hydrogen-bond donors (Lipinski definition) is 0. The van der Waals surface area contributed by atoms with Gasteiger partial charge in [0, 0.05) is 0 Å². The maximum atomic E-state index is 9.96. The van der Waals surface area contributed by atoms with Crippen LogP contribution in [-0.4, -0.2) is 7.11 Å². The topological polar surface area (TPSA) is 36.6 Å². The maximum Gasteiger partial charge on any atom is 0.326 e. The highest BCUT2D eigenvalue weighted by atomic mass is 16.6. The van der Waals surface area contributed by atoms with Crippen molar-refractivity contribution in [1.29, 1.82) is 0 Å². The van der Waals surface area contributed by atoms with Crippen LogP contribution in [-0.2, 0) is 4.74 Å². The predicted octanol–water partition coefficient (Wildman–Crippen LogP) is -0.245. The standard InChI is InChI=1S/C4H5NO2/c1-5-3-4(6)7-2/h1,3H,2H3. The lowest BCUT2D eigenvalue weighted by Gasteiger charge is -1.99. The van der Waals surface area contributed by atoms with Crippen LogP contribution >= 0.6 is 0 Å². The molecule has 0 heterocycles. The number of nitrogens with zero attached hydrogens (tertiary/aromatic N) is 1. The molecule has 0 aliphatic rings. The van der Waals surface area contributed by atoms with Gasteiger partial charge in [-0.1, -0.05) is 0 Å². The van der Waals surface area contributed by atoms with E-state index in [1.165, 1.54) is 7.11 Å². The van der Waals surface area contributed by atoms with Crippen LogP contribution in [0.1, 0.15) is 0 Å². The highest BCUT2D eigenvalue weighted by molar-refractivity contribution is 4.90. The molecule has 0 aromatic carbocycles. The quantitative estimate of drug-likeness (QED) is 0.425. The third-order valence-electron chi connectivity index (χ3n) is 0.381. The Morgan fingerprint density at radius 3 is 2.71 bits per heavy atom. The molecule has 0 spiro atoms. The summed E-state index contributed by atoms with van der Waals surface area (Å²) in [5.74, 6) is -0.539.